The second-order valence-electron chi connectivity index (χ2n) is 3.04. The predicted octanol–water partition coefficient (Wildman–Crippen LogP) is 3.54. The Kier molecular flexibility index (Phi) is 3.38. The van der Waals surface area contributed by atoms with Crippen LogP contribution in [0.2, 0.25) is 0 Å². The summed E-state index contributed by atoms with van der Waals surface area (Å²) in [5.74, 6) is -0.781. The smallest absolute Gasteiger partial charge is 0.294 e. The Bertz CT molecular complexity index is 488. The topological polar surface area (TPSA) is 40.9 Å². The lowest BCUT2D eigenvalue weighted by molar-refractivity contribution is -0.138. The first kappa shape index (κ1) is 12.7. The maximum atomic E-state index is 12.6. The first-order chi connectivity index (χ1) is 7.27. The van der Waals surface area contributed by atoms with Gasteiger partial charge in [-0.25, -0.2) is 0 Å². The van der Waals surface area contributed by atoms with E-state index in [2.05, 4.69) is 15.9 Å². The molecule has 1 rings (SSSR count). The number of hydrogen-bond acceptors (Lipinski definition) is 2. The summed E-state index contributed by atoms with van der Waals surface area (Å²) < 4.78 is 38.0. The van der Waals surface area contributed by atoms with Gasteiger partial charge in [0.25, 0.3) is 0 Å². The number of nitrogens with zero attached hydrogens (tertiary/aromatic N) is 1. The number of Topliss-reactive ketones (excluding diaryl/α,β-unsaturated/α-hetero) is 1. The zero-order valence-corrected chi connectivity index (χ0v) is 9.61. The van der Waals surface area contributed by atoms with Crippen LogP contribution in [0, 0.1) is 11.3 Å². The lowest BCUT2D eigenvalue weighted by atomic mass is 9.98. The molecule has 0 radical (unpaired) electrons. The third kappa shape index (κ3) is 2.42. The summed E-state index contributed by atoms with van der Waals surface area (Å²) in [5.41, 5.74) is -1.96. The van der Waals surface area contributed by atoms with Gasteiger partial charge in [0.2, 0.25) is 0 Å². The van der Waals surface area contributed by atoms with Gasteiger partial charge in [-0.15, -0.1) is 0 Å². The van der Waals surface area contributed by atoms with E-state index in [1.807, 2.05) is 0 Å². The molecule has 0 aliphatic heterocycles. The molecule has 0 unspecified atom stereocenters. The summed E-state index contributed by atoms with van der Waals surface area (Å²) in [6, 6.07) is 3.56. The van der Waals surface area contributed by atoms with Gasteiger partial charge in [-0.2, -0.15) is 18.4 Å². The van der Waals surface area contributed by atoms with Crippen molar-refractivity contribution < 1.29 is 18.0 Å². The number of hydrogen-bond donors (Lipinski definition) is 0. The molecule has 0 aliphatic rings. The van der Waals surface area contributed by atoms with E-state index < -0.39 is 23.1 Å². The molecule has 0 fully saturated rings. The SMILES string of the molecule is CC(=O)c1c(C#N)cc(Br)cc1C(F)(F)F. The molecule has 0 heterocycles. The van der Waals surface area contributed by atoms with Gasteiger partial charge in [0, 0.05) is 10.0 Å². The van der Waals surface area contributed by atoms with E-state index in [0.717, 1.165) is 13.0 Å². The first-order valence-electron chi connectivity index (χ1n) is 4.09. The number of nitriles is 1. The third-order valence-corrected chi connectivity index (χ3v) is 2.34. The Hall–Kier alpha value is -1.35. The molecular weight excluding hydrogens is 287 g/mol. The van der Waals surface area contributed by atoms with Crippen LogP contribution >= 0.6 is 15.9 Å². The molecule has 0 saturated carbocycles. The van der Waals surface area contributed by atoms with E-state index in [0.29, 0.717) is 0 Å². The van der Waals surface area contributed by atoms with Crippen LogP contribution in [-0.2, 0) is 6.18 Å². The number of halogens is 4. The van der Waals surface area contributed by atoms with Crippen LogP contribution in [0.5, 0.6) is 0 Å². The molecule has 0 atom stereocenters. The van der Waals surface area contributed by atoms with Crippen LogP contribution in [0.4, 0.5) is 13.2 Å². The molecule has 6 heteroatoms. The molecule has 16 heavy (non-hydrogen) atoms. The highest BCUT2D eigenvalue weighted by molar-refractivity contribution is 9.10. The molecule has 1 aromatic rings. The van der Waals surface area contributed by atoms with Crippen molar-refractivity contribution in [1.29, 1.82) is 5.26 Å². The lowest BCUT2D eigenvalue weighted by Gasteiger charge is -2.12. The van der Waals surface area contributed by atoms with Crippen molar-refractivity contribution in [2.45, 2.75) is 13.1 Å². The molecule has 0 amide bonds. The molecule has 0 aliphatic carbocycles. The first-order valence-corrected chi connectivity index (χ1v) is 4.88. The van der Waals surface area contributed by atoms with Crippen LogP contribution in [-0.4, -0.2) is 5.78 Å². The molecular formula is C10H5BrF3NO. The summed E-state index contributed by atoms with van der Waals surface area (Å²) in [6.07, 6.45) is -4.66. The van der Waals surface area contributed by atoms with Crippen molar-refractivity contribution in [3.8, 4) is 6.07 Å². The highest BCUT2D eigenvalue weighted by Gasteiger charge is 2.36. The van der Waals surface area contributed by atoms with Crippen molar-refractivity contribution in [3.05, 3.63) is 33.3 Å². The van der Waals surface area contributed by atoms with E-state index in [-0.39, 0.29) is 10.0 Å². The van der Waals surface area contributed by atoms with Crippen molar-refractivity contribution in [3.63, 3.8) is 0 Å². The quantitative estimate of drug-likeness (QED) is 0.743. The number of benzene rings is 1. The van der Waals surface area contributed by atoms with Gasteiger partial charge >= 0.3 is 6.18 Å². The standard InChI is InChI=1S/C10H5BrF3NO/c1-5(16)9-6(4-15)2-7(11)3-8(9)10(12,13)14/h2-3H,1H3. The maximum Gasteiger partial charge on any atom is 0.417 e. The fourth-order valence-corrected chi connectivity index (χ4v) is 1.76. The molecule has 0 bridgehead atoms. The number of ketones is 1. The summed E-state index contributed by atoms with van der Waals surface area (Å²) in [5, 5.41) is 8.69. The Balaban J connectivity index is 3.66. The van der Waals surface area contributed by atoms with Gasteiger partial charge in [0.15, 0.2) is 5.78 Å². The minimum absolute atomic E-state index is 0.112. The predicted molar refractivity (Wildman–Crippen MR) is 53.9 cm³/mol. The van der Waals surface area contributed by atoms with Crippen molar-refractivity contribution >= 4 is 21.7 Å². The zero-order chi connectivity index (χ0) is 12.5. The highest BCUT2D eigenvalue weighted by atomic mass is 79.9. The van der Waals surface area contributed by atoms with Gasteiger partial charge in [0.1, 0.15) is 0 Å². The average molecular weight is 292 g/mol. The minimum atomic E-state index is -4.66. The molecule has 0 N–H and O–H groups in total. The Morgan fingerprint density at radius 3 is 2.38 bits per heavy atom. The monoisotopic (exact) mass is 291 g/mol. The van der Waals surface area contributed by atoms with Crippen molar-refractivity contribution in [2.75, 3.05) is 0 Å². The van der Waals surface area contributed by atoms with Crippen LogP contribution in [0.25, 0.3) is 0 Å². The van der Waals surface area contributed by atoms with Gasteiger partial charge in [-0.3, -0.25) is 4.79 Å². The number of carbonyl (C=O) groups excluding carboxylic acids is 1. The van der Waals surface area contributed by atoms with Crippen LogP contribution in [0.15, 0.2) is 16.6 Å². The van der Waals surface area contributed by atoms with E-state index in [9.17, 15) is 18.0 Å². The normalized spacial score (nSPS) is 11.0. The zero-order valence-electron chi connectivity index (χ0n) is 8.02. The summed E-state index contributed by atoms with van der Waals surface area (Å²) >= 11 is 2.87. The summed E-state index contributed by atoms with van der Waals surface area (Å²) in [7, 11) is 0. The fraction of sp³-hybridized carbons (Fsp3) is 0.200. The maximum absolute atomic E-state index is 12.6. The second-order valence-corrected chi connectivity index (χ2v) is 3.96. The Morgan fingerprint density at radius 2 is 2.00 bits per heavy atom. The largest absolute Gasteiger partial charge is 0.417 e. The van der Waals surface area contributed by atoms with Crippen LogP contribution in [0.1, 0.15) is 28.4 Å². The van der Waals surface area contributed by atoms with Crippen molar-refractivity contribution in [2.24, 2.45) is 0 Å². The Morgan fingerprint density at radius 1 is 1.44 bits per heavy atom. The molecule has 84 valence electrons. The number of alkyl halides is 3. The van der Waals surface area contributed by atoms with E-state index >= 15 is 0 Å². The number of rotatable bonds is 1. The van der Waals surface area contributed by atoms with Gasteiger partial charge < -0.3 is 0 Å². The molecule has 0 aromatic heterocycles. The molecule has 2 nitrogen and oxygen atoms in total. The number of carbonyl (C=O) groups is 1. The average Bonchev–Trinajstić information content (AvgIpc) is 2.14. The summed E-state index contributed by atoms with van der Waals surface area (Å²) in [4.78, 5) is 11.1. The van der Waals surface area contributed by atoms with Gasteiger partial charge in [0.05, 0.1) is 17.2 Å². The van der Waals surface area contributed by atoms with Gasteiger partial charge in [-0.05, 0) is 19.1 Å². The molecule has 0 spiro atoms. The second kappa shape index (κ2) is 4.26. The minimum Gasteiger partial charge on any atom is -0.294 e. The van der Waals surface area contributed by atoms with Crippen LogP contribution < -0.4 is 0 Å². The third-order valence-electron chi connectivity index (χ3n) is 1.88. The van der Waals surface area contributed by atoms with E-state index in [1.165, 1.54) is 6.07 Å². The van der Waals surface area contributed by atoms with Gasteiger partial charge in [-0.1, -0.05) is 15.9 Å². The fourth-order valence-electron chi connectivity index (χ4n) is 1.30. The summed E-state index contributed by atoms with van der Waals surface area (Å²) in [6.45, 7) is 0.999. The van der Waals surface area contributed by atoms with Crippen molar-refractivity contribution in [1.82, 2.24) is 0 Å². The highest BCUT2D eigenvalue weighted by Crippen LogP contribution is 2.35. The molecule has 0 saturated heterocycles. The van der Waals surface area contributed by atoms with Crippen LogP contribution in [0.3, 0.4) is 0 Å². The Labute approximate surface area is 97.8 Å². The lowest BCUT2D eigenvalue weighted by Crippen LogP contribution is -2.13. The van der Waals surface area contributed by atoms with E-state index in [1.54, 1.807) is 6.07 Å². The molecule has 1 aromatic carbocycles. The van der Waals surface area contributed by atoms with E-state index in [4.69, 9.17) is 5.26 Å².